The van der Waals surface area contributed by atoms with Gasteiger partial charge in [-0.15, -0.1) is 0 Å². The SMILES string of the molecule is COC(=O)N1CCC(NC(=O)N2CCC(N3CCCC3)C2)CC1. The summed E-state index contributed by atoms with van der Waals surface area (Å²) in [7, 11) is 1.40. The van der Waals surface area contributed by atoms with Crippen LogP contribution in [0.25, 0.3) is 0 Å². The highest BCUT2D eigenvalue weighted by Gasteiger charge is 2.33. The van der Waals surface area contributed by atoms with Crippen molar-refractivity contribution in [2.75, 3.05) is 46.4 Å². The number of carbonyl (C=O) groups excluding carboxylic acids is 2. The Bertz CT molecular complexity index is 431. The first kappa shape index (κ1) is 16.4. The molecule has 3 saturated heterocycles. The average Bonchev–Trinajstić information content (AvgIpc) is 3.25. The lowest BCUT2D eigenvalue weighted by Gasteiger charge is -2.32. The van der Waals surface area contributed by atoms with Crippen LogP contribution >= 0.6 is 0 Å². The maximum atomic E-state index is 12.4. The van der Waals surface area contributed by atoms with E-state index in [1.807, 2.05) is 4.90 Å². The predicted octanol–water partition coefficient (Wildman–Crippen LogP) is 1.10. The molecule has 3 aliphatic heterocycles. The molecule has 3 aliphatic rings. The number of nitrogens with one attached hydrogen (secondary N) is 1. The van der Waals surface area contributed by atoms with Crippen LogP contribution in [-0.4, -0.2) is 85.3 Å². The van der Waals surface area contributed by atoms with Crippen molar-refractivity contribution in [3.8, 4) is 0 Å². The van der Waals surface area contributed by atoms with Crippen LogP contribution < -0.4 is 5.32 Å². The van der Waals surface area contributed by atoms with Gasteiger partial charge in [0.1, 0.15) is 0 Å². The van der Waals surface area contributed by atoms with Crippen LogP contribution in [0.3, 0.4) is 0 Å². The lowest BCUT2D eigenvalue weighted by Crippen LogP contribution is -2.50. The molecule has 0 radical (unpaired) electrons. The number of rotatable bonds is 2. The highest BCUT2D eigenvalue weighted by Crippen LogP contribution is 2.21. The smallest absolute Gasteiger partial charge is 0.409 e. The zero-order chi connectivity index (χ0) is 16.2. The molecule has 130 valence electrons. The van der Waals surface area contributed by atoms with Gasteiger partial charge in [-0.1, -0.05) is 0 Å². The first-order valence-corrected chi connectivity index (χ1v) is 8.80. The van der Waals surface area contributed by atoms with Gasteiger partial charge in [-0.25, -0.2) is 9.59 Å². The molecule has 0 aliphatic carbocycles. The van der Waals surface area contributed by atoms with E-state index < -0.39 is 0 Å². The van der Waals surface area contributed by atoms with E-state index in [1.54, 1.807) is 4.90 Å². The third kappa shape index (κ3) is 3.88. The van der Waals surface area contributed by atoms with Gasteiger partial charge in [-0.2, -0.15) is 0 Å². The van der Waals surface area contributed by atoms with Gasteiger partial charge in [0.15, 0.2) is 0 Å². The monoisotopic (exact) mass is 324 g/mol. The lowest BCUT2D eigenvalue weighted by molar-refractivity contribution is 0.109. The van der Waals surface area contributed by atoms with E-state index in [2.05, 4.69) is 10.2 Å². The Morgan fingerprint density at radius 1 is 0.957 bits per heavy atom. The van der Waals surface area contributed by atoms with Crippen molar-refractivity contribution in [2.24, 2.45) is 0 Å². The summed E-state index contributed by atoms with van der Waals surface area (Å²) in [6.07, 6.45) is 4.99. The molecule has 3 rings (SSSR count). The zero-order valence-electron chi connectivity index (χ0n) is 14.0. The van der Waals surface area contributed by atoms with E-state index >= 15 is 0 Å². The van der Waals surface area contributed by atoms with Gasteiger partial charge in [0, 0.05) is 38.3 Å². The van der Waals surface area contributed by atoms with E-state index in [4.69, 9.17) is 4.74 Å². The molecule has 3 fully saturated rings. The van der Waals surface area contributed by atoms with Crippen molar-refractivity contribution < 1.29 is 14.3 Å². The second-order valence-electron chi connectivity index (χ2n) is 6.81. The summed E-state index contributed by atoms with van der Waals surface area (Å²) < 4.78 is 4.73. The Balaban J connectivity index is 1.41. The molecule has 0 spiro atoms. The van der Waals surface area contributed by atoms with Crippen LogP contribution in [0.5, 0.6) is 0 Å². The molecular weight excluding hydrogens is 296 g/mol. The van der Waals surface area contributed by atoms with Crippen LogP contribution in [0.15, 0.2) is 0 Å². The maximum absolute atomic E-state index is 12.4. The normalized spacial score (nSPS) is 26.6. The fourth-order valence-electron chi connectivity index (χ4n) is 3.93. The highest BCUT2D eigenvalue weighted by molar-refractivity contribution is 5.75. The van der Waals surface area contributed by atoms with Crippen molar-refractivity contribution in [1.29, 1.82) is 0 Å². The fraction of sp³-hybridized carbons (Fsp3) is 0.875. The molecule has 0 aromatic heterocycles. The number of hydrogen-bond donors (Lipinski definition) is 1. The number of methoxy groups -OCH3 is 1. The van der Waals surface area contributed by atoms with Crippen molar-refractivity contribution in [3.63, 3.8) is 0 Å². The molecule has 0 bridgehead atoms. The van der Waals surface area contributed by atoms with Gasteiger partial charge in [0.2, 0.25) is 0 Å². The molecule has 23 heavy (non-hydrogen) atoms. The first-order valence-electron chi connectivity index (χ1n) is 8.80. The predicted molar refractivity (Wildman–Crippen MR) is 86.3 cm³/mol. The number of piperidine rings is 1. The van der Waals surface area contributed by atoms with Gasteiger partial charge >= 0.3 is 12.1 Å². The summed E-state index contributed by atoms with van der Waals surface area (Å²) in [5, 5.41) is 3.14. The fourth-order valence-corrected chi connectivity index (χ4v) is 3.93. The molecule has 7 heteroatoms. The van der Waals surface area contributed by atoms with Crippen LogP contribution in [0.4, 0.5) is 9.59 Å². The largest absolute Gasteiger partial charge is 0.453 e. The Morgan fingerprint density at radius 3 is 2.26 bits per heavy atom. The Hall–Kier alpha value is -1.50. The van der Waals surface area contributed by atoms with E-state index in [0.717, 1.165) is 32.4 Å². The summed E-state index contributed by atoms with van der Waals surface area (Å²) in [6.45, 7) is 5.38. The third-order valence-electron chi connectivity index (χ3n) is 5.36. The van der Waals surface area contributed by atoms with E-state index in [-0.39, 0.29) is 18.2 Å². The standard InChI is InChI=1S/C16H28N4O3/c1-23-16(22)19-9-4-13(5-10-19)17-15(21)20-11-6-14(12-20)18-7-2-3-8-18/h13-14H,2-12H2,1H3,(H,17,21). The molecule has 0 saturated carbocycles. The minimum atomic E-state index is -0.275. The molecule has 0 aromatic rings. The van der Waals surface area contributed by atoms with Crippen LogP contribution in [0, 0.1) is 0 Å². The Kier molecular flexibility index (Phi) is 5.25. The molecule has 0 aromatic carbocycles. The molecule has 1 unspecified atom stereocenters. The number of carbonyl (C=O) groups is 2. The molecule has 1 N–H and O–H groups in total. The van der Waals surface area contributed by atoms with Crippen LogP contribution in [0.1, 0.15) is 32.1 Å². The molecule has 7 nitrogen and oxygen atoms in total. The molecular formula is C16H28N4O3. The zero-order valence-corrected chi connectivity index (χ0v) is 14.0. The maximum Gasteiger partial charge on any atom is 0.409 e. The second kappa shape index (κ2) is 7.38. The summed E-state index contributed by atoms with van der Waals surface area (Å²) >= 11 is 0. The number of ether oxygens (including phenoxy) is 1. The summed E-state index contributed by atoms with van der Waals surface area (Å²) in [5.74, 6) is 0. The van der Waals surface area contributed by atoms with Crippen molar-refractivity contribution >= 4 is 12.1 Å². The van der Waals surface area contributed by atoms with Gasteiger partial charge in [0.25, 0.3) is 0 Å². The number of hydrogen-bond acceptors (Lipinski definition) is 4. The minimum Gasteiger partial charge on any atom is -0.453 e. The Morgan fingerprint density at radius 2 is 1.61 bits per heavy atom. The molecule has 3 amide bonds. The number of nitrogens with zero attached hydrogens (tertiary/aromatic N) is 3. The van der Waals surface area contributed by atoms with Crippen LogP contribution in [-0.2, 0) is 4.74 Å². The summed E-state index contributed by atoms with van der Waals surface area (Å²) in [5.41, 5.74) is 0. The number of likely N-dealkylation sites (tertiary alicyclic amines) is 3. The topological polar surface area (TPSA) is 65.1 Å². The Labute approximate surface area is 137 Å². The lowest BCUT2D eigenvalue weighted by atomic mass is 10.1. The van der Waals surface area contributed by atoms with Crippen molar-refractivity contribution in [1.82, 2.24) is 20.0 Å². The summed E-state index contributed by atoms with van der Waals surface area (Å²) in [4.78, 5) is 30.1. The van der Waals surface area contributed by atoms with E-state index in [1.165, 1.54) is 33.0 Å². The van der Waals surface area contributed by atoms with Crippen molar-refractivity contribution in [2.45, 2.75) is 44.2 Å². The third-order valence-corrected chi connectivity index (χ3v) is 5.36. The minimum absolute atomic E-state index is 0.0585. The van der Waals surface area contributed by atoms with E-state index in [9.17, 15) is 9.59 Å². The van der Waals surface area contributed by atoms with Crippen molar-refractivity contribution in [3.05, 3.63) is 0 Å². The van der Waals surface area contributed by atoms with Gasteiger partial charge in [-0.3, -0.25) is 4.90 Å². The molecule has 3 heterocycles. The second-order valence-corrected chi connectivity index (χ2v) is 6.81. The first-order chi connectivity index (χ1) is 11.2. The number of amides is 3. The summed E-state index contributed by atoms with van der Waals surface area (Å²) in [6, 6.07) is 0.766. The highest BCUT2D eigenvalue weighted by atomic mass is 16.5. The quantitative estimate of drug-likeness (QED) is 0.826. The average molecular weight is 324 g/mol. The van der Waals surface area contributed by atoms with Crippen LogP contribution in [0.2, 0.25) is 0 Å². The van der Waals surface area contributed by atoms with Gasteiger partial charge < -0.3 is 19.9 Å². The number of urea groups is 1. The van der Waals surface area contributed by atoms with Gasteiger partial charge in [0.05, 0.1) is 7.11 Å². The molecule has 1 atom stereocenters. The van der Waals surface area contributed by atoms with E-state index in [0.29, 0.717) is 19.1 Å². The van der Waals surface area contributed by atoms with Gasteiger partial charge in [-0.05, 0) is 45.2 Å².